The van der Waals surface area contributed by atoms with Crippen LogP contribution in [-0.4, -0.2) is 53.7 Å². The van der Waals surface area contributed by atoms with Gasteiger partial charge in [-0.3, -0.25) is 14.5 Å². The van der Waals surface area contributed by atoms with Crippen molar-refractivity contribution in [2.75, 3.05) is 24.7 Å². The Morgan fingerprint density at radius 3 is 2.63 bits per heavy atom. The lowest BCUT2D eigenvalue weighted by atomic mass is 9.94. The summed E-state index contributed by atoms with van der Waals surface area (Å²) in [5, 5.41) is 11.7. The first-order chi connectivity index (χ1) is 20.7. The number of ketones is 1. The second-order valence-electron chi connectivity index (χ2n) is 9.99. The van der Waals surface area contributed by atoms with Crippen molar-refractivity contribution >= 4 is 39.9 Å². The molecule has 10 nitrogen and oxygen atoms in total. The summed E-state index contributed by atoms with van der Waals surface area (Å²) >= 11 is 0.928. The molecular formula is C32H32N2O8S. The molecule has 1 aromatic heterocycles. The Morgan fingerprint density at radius 2 is 1.91 bits per heavy atom. The van der Waals surface area contributed by atoms with Crippen LogP contribution in [0.2, 0.25) is 0 Å². The number of esters is 1. The van der Waals surface area contributed by atoms with Crippen LogP contribution < -0.4 is 19.1 Å². The molecule has 0 unspecified atom stereocenters. The topological polar surface area (TPSA) is 124 Å². The minimum atomic E-state index is -1.08. The summed E-state index contributed by atoms with van der Waals surface area (Å²) in [5.74, 6) is -1.11. The van der Waals surface area contributed by atoms with Crippen molar-refractivity contribution in [2.24, 2.45) is 0 Å². The Kier molecular flexibility index (Phi) is 8.54. The maximum atomic E-state index is 13.7. The zero-order chi connectivity index (χ0) is 30.8. The monoisotopic (exact) mass is 604 g/mol. The molecule has 2 atom stereocenters. The fraction of sp³-hybridized carbons (Fsp3) is 0.312. The molecule has 11 heteroatoms. The zero-order valence-corrected chi connectivity index (χ0v) is 25.2. The van der Waals surface area contributed by atoms with E-state index in [1.165, 1.54) is 11.0 Å². The number of nitrogens with zero attached hydrogens (tertiary/aromatic N) is 2. The first kappa shape index (κ1) is 29.8. The van der Waals surface area contributed by atoms with Gasteiger partial charge in [0.25, 0.3) is 5.78 Å². The highest BCUT2D eigenvalue weighted by Gasteiger charge is 2.49. The average Bonchev–Trinajstić information content (AvgIpc) is 3.64. The largest absolute Gasteiger partial charge is 0.507 e. The van der Waals surface area contributed by atoms with Gasteiger partial charge in [-0.25, -0.2) is 9.78 Å². The number of hydrogen-bond acceptors (Lipinski definition) is 10. The molecular weight excluding hydrogens is 572 g/mol. The maximum Gasteiger partial charge on any atom is 0.350 e. The fourth-order valence-electron chi connectivity index (χ4n) is 5.18. The van der Waals surface area contributed by atoms with Crippen LogP contribution in [0.1, 0.15) is 58.9 Å². The number of thiazole rings is 1. The van der Waals surface area contributed by atoms with Crippen molar-refractivity contribution in [3.8, 4) is 17.2 Å². The molecule has 5 rings (SSSR count). The molecule has 3 aromatic rings. The van der Waals surface area contributed by atoms with Crippen molar-refractivity contribution in [3.05, 3.63) is 81.9 Å². The number of aryl methyl sites for hydroxylation is 1. The van der Waals surface area contributed by atoms with Crippen LogP contribution in [0.4, 0.5) is 5.13 Å². The van der Waals surface area contributed by atoms with Crippen molar-refractivity contribution < 1.29 is 38.4 Å². The summed E-state index contributed by atoms with van der Waals surface area (Å²) in [6, 6.07) is 9.18. The van der Waals surface area contributed by atoms with Crippen molar-refractivity contribution in [3.63, 3.8) is 0 Å². The molecule has 0 spiro atoms. The lowest BCUT2D eigenvalue weighted by molar-refractivity contribution is -0.132. The van der Waals surface area contributed by atoms with E-state index in [-0.39, 0.29) is 34.1 Å². The van der Waals surface area contributed by atoms with E-state index in [0.717, 1.165) is 16.9 Å². The molecule has 0 bridgehead atoms. The fourth-order valence-corrected chi connectivity index (χ4v) is 6.17. The number of carbonyl (C=O) groups excluding carboxylic acids is 3. The average molecular weight is 605 g/mol. The normalized spacial score (nSPS) is 18.7. The number of carbonyl (C=O) groups is 3. The Morgan fingerprint density at radius 1 is 1.16 bits per heavy atom. The van der Waals surface area contributed by atoms with Gasteiger partial charge in [0.1, 0.15) is 29.1 Å². The predicted molar refractivity (Wildman–Crippen MR) is 161 cm³/mol. The van der Waals surface area contributed by atoms with E-state index in [9.17, 15) is 19.5 Å². The van der Waals surface area contributed by atoms with Gasteiger partial charge in [0.05, 0.1) is 30.5 Å². The van der Waals surface area contributed by atoms with E-state index in [0.29, 0.717) is 53.7 Å². The van der Waals surface area contributed by atoms with Gasteiger partial charge in [-0.2, -0.15) is 0 Å². The summed E-state index contributed by atoms with van der Waals surface area (Å²) < 4.78 is 22.5. The highest BCUT2D eigenvalue weighted by atomic mass is 32.1. The second-order valence-corrected chi connectivity index (χ2v) is 11.0. The van der Waals surface area contributed by atoms with Crippen LogP contribution in [0.25, 0.3) is 5.76 Å². The van der Waals surface area contributed by atoms with E-state index in [1.54, 1.807) is 43.3 Å². The first-order valence-electron chi connectivity index (χ1n) is 13.9. The molecule has 224 valence electrons. The maximum absolute atomic E-state index is 13.7. The van der Waals surface area contributed by atoms with Gasteiger partial charge in [-0.15, -0.1) is 0 Å². The molecule has 1 amide bonds. The van der Waals surface area contributed by atoms with Gasteiger partial charge in [-0.05, 0) is 69.2 Å². The summed E-state index contributed by atoms with van der Waals surface area (Å²) in [4.78, 5) is 46.0. The van der Waals surface area contributed by atoms with Gasteiger partial charge in [-0.1, -0.05) is 30.1 Å². The molecule has 1 fully saturated rings. The van der Waals surface area contributed by atoms with E-state index in [4.69, 9.17) is 18.9 Å². The number of Topliss-reactive ketones (excluding diaryl/α,β-unsaturated/α-hetero) is 1. The quantitative estimate of drug-likeness (QED) is 0.104. The summed E-state index contributed by atoms with van der Waals surface area (Å²) in [6.07, 6.45) is 2.08. The van der Waals surface area contributed by atoms with Crippen molar-refractivity contribution in [1.82, 2.24) is 4.98 Å². The summed E-state index contributed by atoms with van der Waals surface area (Å²) in [6.45, 7) is 11.6. The number of benzene rings is 2. The van der Waals surface area contributed by atoms with E-state index in [1.807, 2.05) is 20.8 Å². The molecule has 1 saturated heterocycles. The molecule has 0 radical (unpaired) electrons. The zero-order valence-electron chi connectivity index (χ0n) is 24.3. The summed E-state index contributed by atoms with van der Waals surface area (Å²) in [5.41, 5.74) is 1.96. The molecule has 2 aromatic carbocycles. The lowest BCUT2D eigenvalue weighted by Crippen LogP contribution is -2.29. The summed E-state index contributed by atoms with van der Waals surface area (Å²) in [7, 11) is 0. The molecule has 3 heterocycles. The number of hydrogen-bond donors (Lipinski definition) is 1. The van der Waals surface area contributed by atoms with Crippen LogP contribution in [-0.2, 0) is 20.7 Å². The standard InChI is InChI=1S/C32H32N2O8S/c1-6-13-41-31(38)29-18(5)33-32(43-29)34-26(19-9-12-23(39-7-2)24(16-19)40-8-3)25(28(36)30(34)37)27(35)20-10-11-22-21(15-20)14-17(4)42-22/h6,9-12,15-17,26,35H,1,7-8,13-14H2,2-5H3/b27-25+/t17-,26-/m1/s1. The molecule has 0 aliphatic carbocycles. The highest BCUT2D eigenvalue weighted by Crippen LogP contribution is 2.46. The van der Waals surface area contributed by atoms with Gasteiger partial charge in [0, 0.05) is 12.0 Å². The van der Waals surface area contributed by atoms with Crippen LogP contribution in [0.5, 0.6) is 17.2 Å². The van der Waals surface area contributed by atoms with Crippen molar-refractivity contribution in [1.29, 1.82) is 0 Å². The van der Waals surface area contributed by atoms with Gasteiger partial charge in [0.2, 0.25) is 0 Å². The minimum absolute atomic E-state index is 0.00695. The molecule has 2 aliphatic heterocycles. The number of anilines is 1. The van der Waals surface area contributed by atoms with Crippen LogP contribution in [0.15, 0.2) is 54.6 Å². The number of amides is 1. The smallest absolute Gasteiger partial charge is 0.350 e. The van der Waals surface area contributed by atoms with Gasteiger partial charge in [0.15, 0.2) is 16.6 Å². The van der Waals surface area contributed by atoms with Crippen molar-refractivity contribution in [2.45, 2.75) is 46.3 Å². The number of aromatic nitrogens is 1. The van der Waals surface area contributed by atoms with E-state index >= 15 is 0 Å². The SMILES string of the molecule is C=CCOC(=O)c1sc(N2C(=O)C(=O)/C(=C(/O)c3ccc4c(c3)C[C@@H](C)O4)[C@H]2c2ccc(OCC)c(OCC)c2)nc1C. The van der Waals surface area contributed by atoms with Gasteiger partial charge < -0.3 is 24.1 Å². The van der Waals surface area contributed by atoms with Crippen LogP contribution in [0, 0.1) is 6.92 Å². The Bertz CT molecular complexity index is 1640. The third-order valence-corrected chi connectivity index (χ3v) is 8.14. The number of aliphatic hydroxyl groups excluding tert-OH is 1. The number of aliphatic hydroxyl groups is 1. The Hall–Kier alpha value is -4.64. The van der Waals surface area contributed by atoms with E-state index in [2.05, 4.69) is 11.6 Å². The Labute approximate surface area is 253 Å². The number of fused-ring (bicyclic) bond motifs is 1. The second kappa shape index (κ2) is 12.3. The third-order valence-electron chi connectivity index (χ3n) is 7.01. The Balaban J connectivity index is 1.68. The van der Waals surface area contributed by atoms with E-state index < -0.39 is 23.7 Å². The molecule has 1 N–H and O–H groups in total. The number of ether oxygens (including phenoxy) is 4. The van der Waals surface area contributed by atoms with Gasteiger partial charge >= 0.3 is 11.9 Å². The number of rotatable bonds is 10. The molecule has 43 heavy (non-hydrogen) atoms. The minimum Gasteiger partial charge on any atom is -0.507 e. The molecule has 2 aliphatic rings. The first-order valence-corrected chi connectivity index (χ1v) is 14.8. The highest BCUT2D eigenvalue weighted by molar-refractivity contribution is 7.17. The van der Waals surface area contributed by atoms with Crippen LogP contribution in [0.3, 0.4) is 0 Å². The molecule has 0 saturated carbocycles. The predicted octanol–water partition coefficient (Wildman–Crippen LogP) is 5.54. The van der Waals surface area contributed by atoms with Crippen LogP contribution >= 0.6 is 11.3 Å². The lowest BCUT2D eigenvalue weighted by Gasteiger charge is -2.24. The third kappa shape index (κ3) is 5.60.